The van der Waals surface area contributed by atoms with Crippen LogP contribution in [0.3, 0.4) is 0 Å². The smallest absolute Gasteiger partial charge is 0.173 e. The lowest BCUT2D eigenvalue weighted by molar-refractivity contribution is 0.102. The van der Waals surface area contributed by atoms with Crippen molar-refractivity contribution in [1.82, 2.24) is 0 Å². The lowest BCUT2D eigenvalue weighted by Crippen LogP contribution is -2.01. The molecule has 0 unspecified atom stereocenters. The second kappa shape index (κ2) is 4.72. The van der Waals surface area contributed by atoms with Crippen molar-refractivity contribution in [3.8, 4) is 6.07 Å². The molecule has 0 aliphatic rings. The third-order valence-corrected chi connectivity index (χ3v) is 2.19. The fraction of sp³-hybridized carbons (Fsp3) is 0.111. The van der Waals surface area contributed by atoms with Crippen LogP contribution in [0, 0.1) is 11.3 Å². The Morgan fingerprint density at radius 3 is 2.86 bits per heavy atom. The number of nitrogens with zero attached hydrogens (tertiary/aromatic N) is 1. The summed E-state index contributed by atoms with van der Waals surface area (Å²) < 4.78 is 12.1. The van der Waals surface area contributed by atoms with Crippen LogP contribution in [0.5, 0.6) is 0 Å². The standard InChI is InChI=1S/C9H6BrFN2O/c10-4-9(14)6-1-2-8(13-11)7(3-6)5-12/h1-3,13H,4H2. The lowest BCUT2D eigenvalue weighted by Gasteiger charge is -2.02. The molecule has 5 heteroatoms. The number of anilines is 1. The monoisotopic (exact) mass is 256 g/mol. The maximum atomic E-state index is 12.1. The summed E-state index contributed by atoms with van der Waals surface area (Å²) in [5.74, 6) is -0.146. The quantitative estimate of drug-likeness (QED) is 0.514. The minimum atomic E-state index is -0.146. The Morgan fingerprint density at radius 1 is 1.64 bits per heavy atom. The highest BCUT2D eigenvalue weighted by Gasteiger charge is 2.08. The van der Waals surface area contributed by atoms with Crippen molar-refractivity contribution in [3.63, 3.8) is 0 Å². The van der Waals surface area contributed by atoms with Crippen molar-refractivity contribution in [3.05, 3.63) is 29.3 Å². The molecule has 1 rings (SSSR count). The van der Waals surface area contributed by atoms with E-state index in [2.05, 4.69) is 15.9 Å². The first-order valence-electron chi connectivity index (χ1n) is 3.73. The van der Waals surface area contributed by atoms with Crippen molar-refractivity contribution in [1.29, 1.82) is 5.26 Å². The number of nitrogens with one attached hydrogen (secondary N) is 1. The van der Waals surface area contributed by atoms with Gasteiger partial charge in [0.15, 0.2) is 5.78 Å². The molecule has 0 radical (unpaired) electrons. The number of nitriles is 1. The largest absolute Gasteiger partial charge is 0.293 e. The molecule has 0 bridgehead atoms. The molecule has 72 valence electrons. The van der Waals surface area contributed by atoms with Gasteiger partial charge in [-0.25, -0.2) is 5.54 Å². The minimum absolute atomic E-state index is 0.0682. The third-order valence-electron chi connectivity index (χ3n) is 1.69. The molecule has 0 aliphatic heterocycles. The Hall–Kier alpha value is -1.41. The summed E-state index contributed by atoms with van der Waals surface area (Å²) in [5, 5.41) is 8.83. The number of alkyl halides is 1. The molecular formula is C9H6BrFN2O. The number of carbonyl (C=O) groups is 1. The van der Waals surface area contributed by atoms with Gasteiger partial charge in [0.1, 0.15) is 6.07 Å². The molecular weight excluding hydrogens is 251 g/mol. The van der Waals surface area contributed by atoms with E-state index < -0.39 is 0 Å². The molecule has 0 aromatic heterocycles. The lowest BCUT2D eigenvalue weighted by atomic mass is 10.1. The molecule has 1 N–H and O–H groups in total. The number of benzene rings is 1. The van der Waals surface area contributed by atoms with Crippen LogP contribution in [0.15, 0.2) is 18.2 Å². The van der Waals surface area contributed by atoms with Crippen LogP contribution in [-0.2, 0) is 0 Å². The number of halogens is 2. The highest BCUT2D eigenvalue weighted by atomic mass is 79.9. The zero-order valence-electron chi connectivity index (χ0n) is 7.05. The number of hydrogen-bond donors (Lipinski definition) is 1. The van der Waals surface area contributed by atoms with E-state index in [1.807, 2.05) is 0 Å². The summed E-state index contributed by atoms with van der Waals surface area (Å²) in [6.45, 7) is 0. The summed E-state index contributed by atoms with van der Waals surface area (Å²) in [4.78, 5) is 11.2. The summed E-state index contributed by atoms with van der Waals surface area (Å²) in [7, 11) is 0. The van der Waals surface area contributed by atoms with E-state index >= 15 is 0 Å². The van der Waals surface area contributed by atoms with Crippen molar-refractivity contribution < 1.29 is 9.28 Å². The Morgan fingerprint density at radius 2 is 2.36 bits per heavy atom. The predicted octanol–water partition coefficient (Wildman–Crippen LogP) is 2.43. The molecule has 1 aromatic rings. The highest BCUT2D eigenvalue weighted by molar-refractivity contribution is 9.09. The van der Waals surface area contributed by atoms with Gasteiger partial charge in [0.25, 0.3) is 0 Å². The molecule has 0 atom stereocenters. The first-order chi connectivity index (χ1) is 6.72. The molecule has 14 heavy (non-hydrogen) atoms. The van der Waals surface area contributed by atoms with E-state index in [0.717, 1.165) is 0 Å². The second-order valence-corrected chi connectivity index (χ2v) is 3.08. The predicted molar refractivity (Wildman–Crippen MR) is 54.0 cm³/mol. The van der Waals surface area contributed by atoms with Gasteiger partial charge >= 0.3 is 0 Å². The zero-order chi connectivity index (χ0) is 10.6. The molecule has 3 nitrogen and oxygen atoms in total. The van der Waals surface area contributed by atoms with Gasteiger partial charge in [-0.15, -0.1) is 4.48 Å². The van der Waals surface area contributed by atoms with Gasteiger partial charge in [0.2, 0.25) is 0 Å². The van der Waals surface area contributed by atoms with Crippen LogP contribution in [0.4, 0.5) is 10.2 Å². The number of Topliss-reactive ketones (excluding diaryl/α,β-unsaturated/α-hetero) is 1. The Bertz CT molecular complexity index is 400. The van der Waals surface area contributed by atoms with Crippen LogP contribution in [0.2, 0.25) is 0 Å². The molecule has 0 spiro atoms. The van der Waals surface area contributed by atoms with Crippen molar-refractivity contribution in [2.75, 3.05) is 10.9 Å². The normalized spacial score (nSPS) is 9.21. The Balaban J connectivity index is 3.15. The van der Waals surface area contributed by atoms with Crippen molar-refractivity contribution in [2.24, 2.45) is 0 Å². The Labute approximate surface area is 88.6 Å². The van der Waals surface area contributed by atoms with Gasteiger partial charge in [-0.05, 0) is 18.2 Å². The number of hydrogen-bond acceptors (Lipinski definition) is 3. The summed E-state index contributed by atoms with van der Waals surface area (Å²) in [6, 6.07) is 5.97. The Kier molecular flexibility index (Phi) is 3.60. The van der Waals surface area contributed by atoms with Crippen LogP contribution < -0.4 is 5.54 Å². The van der Waals surface area contributed by atoms with E-state index in [-0.39, 0.29) is 22.4 Å². The van der Waals surface area contributed by atoms with E-state index in [4.69, 9.17) is 5.26 Å². The minimum Gasteiger partial charge on any atom is -0.293 e. The average molecular weight is 257 g/mol. The molecule has 0 heterocycles. The number of ketones is 1. The van der Waals surface area contributed by atoms with Gasteiger partial charge in [-0.1, -0.05) is 15.9 Å². The average Bonchev–Trinajstić information content (AvgIpc) is 2.26. The number of carbonyl (C=O) groups excluding carboxylic acids is 1. The fourth-order valence-electron chi connectivity index (χ4n) is 0.970. The molecule has 0 fully saturated rings. The van der Waals surface area contributed by atoms with Crippen LogP contribution >= 0.6 is 15.9 Å². The highest BCUT2D eigenvalue weighted by Crippen LogP contribution is 2.17. The summed E-state index contributed by atoms with van der Waals surface area (Å²) in [6.07, 6.45) is 0. The summed E-state index contributed by atoms with van der Waals surface area (Å²) in [5.41, 5.74) is 1.95. The van der Waals surface area contributed by atoms with Gasteiger partial charge in [0.05, 0.1) is 16.6 Å². The fourth-order valence-corrected chi connectivity index (χ4v) is 1.29. The van der Waals surface area contributed by atoms with Crippen LogP contribution in [0.25, 0.3) is 0 Å². The molecule has 1 aromatic carbocycles. The molecule has 0 aliphatic carbocycles. The molecule has 0 saturated carbocycles. The van der Waals surface area contributed by atoms with Crippen molar-refractivity contribution >= 4 is 27.4 Å². The van der Waals surface area contributed by atoms with Gasteiger partial charge < -0.3 is 0 Å². The third kappa shape index (κ3) is 2.09. The van der Waals surface area contributed by atoms with E-state index in [1.165, 1.54) is 23.7 Å². The first-order valence-corrected chi connectivity index (χ1v) is 4.85. The second-order valence-electron chi connectivity index (χ2n) is 2.52. The van der Waals surface area contributed by atoms with Crippen LogP contribution in [0.1, 0.15) is 15.9 Å². The van der Waals surface area contributed by atoms with E-state index in [0.29, 0.717) is 5.56 Å². The SMILES string of the molecule is N#Cc1cc(C(=O)CBr)ccc1NF. The maximum Gasteiger partial charge on any atom is 0.173 e. The van der Waals surface area contributed by atoms with Crippen LogP contribution in [-0.4, -0.2) is 11.1 Å². The molecule has 0 amide bonds. The van der Waals surface area contributed by atoms with Crippen molar-refractivity contribution in [2.45, 2.75) is 0 Å². The first kappa shape index (κ1) is 10.7. The summed E-state index contributed by atoms with van der Waals surface area (Å²) >= 11 is 3.01. The zero-order valence-corrected chi connectivity index (χ0v) is 8.64. The van der Waals surface area contributed by atoms with E-state index in [1.54, 1.807) is 6.07 Å². The van der Waals surface area contributed by atoms with Gasteiger partial charge in [-0.3, -0.25) is 4.79 Å². The molecule has 0 saturated heterocycles. The van der Waals surface area contributed by atoms with Gasteiger partial charge in [-0.2, -0.15) is 5.26 Å². The topological polar surface area (TPSA) is 52.9 Å². The van der Waals surface area contributed by atoms with Gasteiger partial charge in [0, 0.05) is 5.56 Å². The van der Waals surface area contributed by atoms with E-state index in [9.17, 15) is 9.28 Å². The number of rotatable bonds is 3. The maximum absolute atomic E-state index is 12.1.